The monoisotopic (exact) mass is 428 g/mol. The highest BCUT2D eigenvalue weighted by Gasteiger charge is 2.29. The van der Waals surface area contributed by atoms with Crippen molar-refractivity contribution < 1.29 is 8.42 Å². The van der Waals surface area contributed by atoms with Gasteiger partial charge in [-0.25, -0.2) is 8.42 Å². The molecule has 2 aromatic carbocycles. The lowest BCUT2D eigenvalue weighted by Crippen LogP contribution is -2.48. The van der Waals surface area contributed by atoms with Crippen molar-refractivity contribution in [2.75, 3.05) is 31.1 Å². The van der Waals surface area contributed by atoms with Gasteiger partial charge in [-0.15, -0.1) is 0 Å². The molecule has 0 aromatic heterocycles. The Labute approximate surface area is 156 Å². The lowest BCUT2D eigenvalue weighted by Gasteiger charge is -2.35. The van der Waals surface area contributed by atoms with Crippen LogP contribution in [0.3, 0.4) is 0 Å². The molecule has 1 aliphatic rings. The molecule has 1 saturated heterocycles. The highest BCUT2D eigenvalue weighted by molar-refractivity contribution is 9.10. The smallest absolute Gasteiger partial charge is 0.243 e. The quantitative estimate of drug-likeness (QED) is 0.742. The van der Waals surface area contributed by atoms with Crippen LogP contribution in [-0.4, -0.2) is 38.9 Å². The maximum Gasteiger partial charge on any atom is 0.243 e. The number of aryl methyl sites for hydroxylation is 1. The number of sulfonamides is 1. The summed E-state index contributed by atoms with van der Waals surface area (Å²) in [5.74, 6) is 0. The molecule has 0 aliphatic carbocycles. The maximum atomic E-state index is 12.8. The molecule has 0 bridgehead atoms. The van der Waals surface area contributed by atoms with Crippen molar-refractivity contribution in [3.63, 3.8) is 0 Å². The maximum absolute atomic E-state index is 12.8. The lowest BCUT2D eigenvalue weighted by atomic mass is 10.2. The average molecular weight is 430 g/mol. The molecule has 1 fully saturated rings. The third-order valence-electron chi connectivity index (χ3n) is 4.20. The lowest BCUT2D eigenvalue weighted by molar-refractivity contribution is 0.385. The first-order valence-electron chi connectivity index (χ1n) is 7.65. The van der Waals surface area contributed by atoms with Gasteiger partial charge in [0, 0.05) is 30.7 Å². The summed E-state index contributed by atoms with van der Waals surface area (Å²) in [4.78, 5) is 2.47. The van der Waals surface area contributed by atoms with Gasteiger partial charge < -0.3 is 4.90 Å². The van der Waals surface area contributed by atoms with E-state index < -0.39 is 10.0 Å². The molecule has 0 unspecified atom stereocenters. The van der Waals surface area contributed by atoms with E-state index in [9.17, 15) is 8.42 Å². The Balaban J connectivity index is 1.76. The van der Waals surface area contributed by atoms with Crippen molar-refractivity contribution >= 4 is 43.2 Å². The fraction of sp³-hybridized carbons (Fsp3) is 0.294. The van der Waals surface area contributed by atoms with E-state index >= 15 is 0 Å². The summed E-state index contributed by atoms with van der Waals surface area (Å²) < 4.78 is 28.1. The minimum atomic E-state index is -3.46. The predicted molar refractivity (Wildman–Crippen MR) is 101 cm³/mol. The fourth-order valence-corrected chi connectivity index (χ4v) is 4.81. The van der Waals surface area contributed by atoms with E-state index in [4.69, 9.17) is 11.6 Å². The number of nitrogens with zero attached hydrogens (tertiary/aromatic N) is 2. The Bertz CT molecular complexity index is 849. The van der Waals surface area contributed by atoms with Gasteiger partial charge in [0.25, 0.3) is 0 Å². The second-order valence-electron chi connectivity index (χ2n) is 5.75. The van der Waals surface area contributed by atoms with Gasteiger partial charge in [-0.05, 0) is 42.8 Å². The summed E-state index contributed by atoms with van der Waals surface area (Å²) in [5, 5.41) is 0.692. The number of para-hydroxylation sites is 1. The van der Waals surface area contributed by atoms with E-state index in [0.29, 0.717) is 36.1 Å². The van der Waals surface area contributed by atoms with Crippen molar-refractivity contribution in [3.8, 4) is 0 Å². The average Bonchev–Trinajstić information content (AvgIpc) is 2.58. The molecular weight excluding hydrogens is 412 g/mol. The van der Waals surface area contributed by atoms with Crippen LogP contribution in [0.15, 0.2) is 51.8 Å². The van der Waals surface area contributed by atoms with Gasteiger partial charge in [0.1, 0.15) is 0 Å². The topological polar surface area (TPSA) is 40.6 Å². The van der Waals surface area contributed by atoms with E-state index in [0.717, 1.165) is 15.7 Å². The Morgan fingerprint density at radius 3 is 2.33 bits per heavy atom. The van der Waals surface area contributed by atoms with Crippen molar-refractivity contribution in [1.82, 2.24) is 4.31 Å². The van der Waals surface area contributed by atoms with Crippen LogP contribution < -0.4 is 4.90 Å². The van der Waals surface area contributed by atoms with E-state index in [1.54, 1.807) is 22.5 Å². The fourth-order valence-electron chi connectivity index (χ4n) is 2.80. The van der Waals surface area contributed by atoms with Crippen LogP contribution >= 0.6 is 27.5 Å². The van der Waals surface area contributed by atoms with E-state index in [1.165, 1.54) is 0 Å². The van der Waals surface area contributed by atoms with Crippen molar-refractivity contribution in [2.45, 2.75) is 11.8 Å². The number of rotatable bonds is 3. The summed E-state index contributed by atoms with van der Waals surface area (Å²) in [6.07, 6.45) is 0. The number of benzene rings is 2. The molecule has 24 heavy (non-hydrogen) atoms. The predicted octanol–water partition coefficient (Wildman–Crippen LogP) is 3.92. The third kappa shape index (κ3) is 3.47. The SMILES string of the molecule is Cc1cc(S(=O)(=O)N2CCN(c3ccccc3Cl)CC2)ccc1Br. The van der Waals surface area contributed by atoms with Gasteiger partial charge in [-0.1, -0.05) is 39.7 Å². The molecule has 0 spiro atoms. The molecule has 2 aromatic rings. The van der Waals surface area contributed by atoms with Gasteiger partial charge in [0.15, 0.2) is 0 Å². The second kappa shape index (κ2) is 7.04. The van der Waals surface area contributed by atoms with E-state index in [-0.39, 0.29) is 0 Å². The molecule has 7 heteroatoms. The van der Waals surface area contributed by atoms with Gasteiger partial charge in [-0.3, -0.25) is 0 Å². The van der Waals surface area contributed by atoms with Crippen molar-refractivity contribution in [2.24, 2.45) is 0 Å². The van der Waals surface area contributed by atoms with Crippen LogP contribution in [0.25, 0.3) is 0 Å². The summed E-state index contributed by atoms with van der Waals surface area (Å²) in [6.45, 7) is 4.03. The Morgan fingerprint density at radius 1 is 1.04 bits per heavy atom. The van der Waals surface area contributed by atoms with E-state index in [1.807, 2.05) is 31.2 Å². The largest absolute Gasteiger partial charge is 0.368 e. The minimum Gasteiger partial charge on any atom is -0.368 e. The van der Waals surface area contributed by atoms with Crippen molar-refractivity contribution in [1.29, 1.82) is 0 Å². The van der Waals surface area contributed by atoms with Crippen LogP contribution in [0.5, 0.6) is 0 Å². The van der Waals surface area contributed by atoms with Crippen LogP contribution in [0.4, 0.5) is 5.69 Å². The van der Waals surface area contributed by atoms with Crippen molar-refractivity contribution in [3.05, 3.63) is 57.5 Å². The highest BCUT2D eigenvalue weighted by Crippen LogP contribution is 2.28. The molecule has 0 amide bonds. The molecule has 0 saturated carbocycles. The van der Waals surface area contributed by atoms with Crippen LogP contribution in [0.2, 0.25) is 5.02 Å². The number of hydrogen-bond acceptors (Lipinski definition) is 3. The summed E-state index contributed by atoms with van der Waals surface area (Å²) in [6, 6.07) is 12.8. The Kier molecular flexibility index (Phi) is 5.20. The van der Waals surface area contributed by atoms with Gasteiger partial charge in [-0.2, -0.15) is 4.31 Å². The summed E-state index contributed by atoms with van der Waals surface area (Å²) >= 11 is 9.64. The molecule has 1 heterocycles. The number of hydrogen-bond donors (Lipinski definition) is 0. The van der Waals surface area contributed by atoms with Gasteiger partial charge in [0.2, 0.25) is 10.0 Å². The molecule has 3 rings (SSSR count). The normalized spacial score (nSPS) is 16.4. The zero-order valence-electron chi connectivity index (χ0n) is 13.2. The molecule has 128 valence electrons. The minimum absolute atomic E-state index is 0.342. The number of anilines is 1. The van der Waals surface area contributed by atoms with E-state index in [2.05, 4.69) is 20.8 Å². The zero-order chi connectivity index (χ0) is 17.3. The summed E-state index contributed by atoms with van der Waals surface area (Å²) in [7, 11) is -3.46. The zero-order valence-corrected chi connectivity index (χ0v) is 16.4. The van der Waals surface area contributed by atoms with Gasteiger partial charge >= 0.3 is 0 Å². The van der Waals surface area contributed by atoms with Crippen LogP contribution in [0.1, 0.15) is 5.56 Å². The number of halogens is 2. The highest BCUT2D eigenvalue weighted by atomic mass is 79.9. The first kappa shape index (κ1) is 17.7. The summed E-state index contributed by atoms with van der Waals surface area (Å²) in [5.41, 5.74) is 1.86. The first-order valence-corrected chi connectivity index (χ1v) is 10.3. The Hall–Kier alpha value is -1.08. The van der Waals surface area contributed by atoms with Crippen LogP contribution in [0, 0.1) is 6.92 Å². The molecule has 0 radical (unpaired) electrons. The second-order valence-corrected chi connectivity index (χ2v) is 8.95. The van der Waals surface area contributed by atoms with Gasteiger partial charge in [0.05, 0.1) is 15.6 Å². The standard InChI is InChI=1S/C17H18BrClN2O2S/c1-13-12-14(6-7-15(13)18)24(22,23)21-10-8-20(9-11-21)17-5-3-2-4-16(17)19/h2-7,12H,8-11H2,1H3. The third-order valence-corrected chi connectivity index (χ3v) is 7.30. The first-order chi connectivity index (χ1) is 11.4. The molecule has 0 atom stereocenters. The van der Waals surface area contributed by atoms with Crippen LogP contribution in [-0.2, 0) is 10.0 Å². The number of piperazine rings is 1. The molecule has 0 N–H and O–H groups in total. The molecular formula is C17H18BrClN2O2S. The molecule has 4 nitrogen and oxygen atoms in total. The Morgan fingerprint density at radius 2 is 1.71 bits per heavy atom. The molecule has 1 aliphatic heterocycles.